The van der Waals surface area contributed by atoms with Crippen molar-refractivity contribution in [2.75, 3.05) is 0 Å². The molecule has 0 fully saturated rings. The van der Waals surface area contributed by atoms with Crippen LogP contribution < -0.4 is 5.73 Å². The van der Waals surface area contributed by atoms with E-state index in [2.05, 4.69) is 4.98 Å². The topological polar surface area (TPSA) is 52.0 Å². The summed E-state index contributed by atoms with van der Waals surface area (Å²) in [5.41, 5.74) is 7.05. The molecule has 3 nitrogen and oxygen atoms in total. The van der Waals surface area contributed by atoms with Crippen molar-refractivity contribution in [3.8, 4) is 0 Å². The minimum absolute atomic E-state index is 0.0317. The average Bonchev–Trinajstić information content (AvgIpc) is 2.72. The van der Waals surface area contributed by atoms with Crippen LogP contribution in [0.5, 0.6) is 0 Å². The fraction of sp³-hybridized carbons (Fsp3) is 0.308. The first-order chi connectivity index (χ1) is 8.18. The van der Waals surface area contributed by atoms with Crippen molar-refractivity contribution in [1.82, 2.24) is 4.98 Å². The van der Waals surface area contributed by atoms with Gasteiger partial charge in [0.05, 0.1) is 17.2 Å². The Morgan fingerprint density at radius 2 is 2.18 bits per heavy atom. The predicted molar refractivity (Wildman–Crippen MR) is 69.9 cm³/mol. The van der Waals surface area contributed by atoms with Gasteiger partial charge >= 0.3 is 0 Å². The zero-order chi connectivity index (χ0) is 12.3. The first kappa shape index (κ1) is 12.2. The summed E-state index contributed by atoms with van der Waals surface area (Å²) in [5.74, 6) is 0.927. The standard InChI is InChI=1S/C13H16N2OS/c1-9(14)13(11-5-3-4-7-15-11)17-12-6-8-16-10(12)2/h3-9,13H,14H2,1-2H3. The Morgan fingerprint density at radius 1 is 1.35 bits per heavy atom. The summed E-state index contributed by atoms with van der Waals surface area (Å²) >= 11 is 1.70. The van der Waals surface area contributed by atoms with E-state index >= 15 is 0 Å². The lowest BCUT2D eigenvalue weighted by molar-refractivity contribution is 0.526. The van der Waals surface area contributed by atoms with Crippen molar-refractivity contribution in [3.05, 3.63) is 48.2 Å². The molecule has 0 aliphatic carbocycles. The van der Waals surface area contributed by atoms with Crippen LogP contribution in [0.2, 0.25) is 0 Å². The van der Waals surface area contributed by atoms with E-state index in [1.807, 2.05) is 38.1 Å². The molecule has 90 valence electrons. The molecule has 2 heterocycles. The monoisotopic (exact) mass is 248 g/mol. The fourth-order valence-electron chi connectivity index (χ4n) is 1.61. The quantitative estimate of drug-likeness (QED) is 0.844. The number of aromatic nitrogens is 1. The van der Waals surface area contributed by atoms with Gasteiger partial charge in [-0.3, -0.25) is 4.98 Å². The van der Waals surface area contributed by atoms with Crippen LogP contribution in [0, 0.1) is 6.92 Å². The largest absolute Gasteiger partial charge is 0.468 e. The van der Waals surface area contributed by atoms with Gasteiger partial charge in [-0.15, -0.1) is 11.8 Å². The number of pyridine rings is 1. The highest BCUT2D eigenvalue weighted by Gasteiger charge is 2.20. The third kappa shape index (κ3) is 2.90. The van der Waals surface area contributed by atoms with Crippen LogP contribution in [0.1, 0.15) is 23.6 Å². The van der Waals surface area contributed by atoms with Gasteiger partial charge in [0.15, 0.2) is 0 Å². The summed E-state index contributed by atoms with van der Waals surface area (Å²) in [6.45, 7) is 3.96. The molecule has 0 saturated heterocycles. The van der Waals surface area contributed by atoms with E-state index in [4.69, 9.17) is 10.2 Å². The maximum absolute atomic E-state index is 6.04. The van der Waals surface area contributed by atoms with Crippen molar-refractivity contribution >= 4 is 11.8 Å². The van der Waals surface area contributed by atoms with E-state index in [1.165, 1.54) is 0 Å². The normalized spacial score (nSPS) is 14.5. The first-order valence-electron chi connectivity index (χ1n) is 5.55. The van der Waals surface area contributed by atoms with Gasteiger partial charge in [-0.1, -0.05) is 6.07 Å². The second-order valence-corrected chi connectivity index (χ2v) is 5.18. The van der Waals surface area contributed by atoms with E-state index in [1.54, 1.807) is 24.2 Å². The Hall–Kier alpha value is -1.26. The molecule has 2 N–H and O–H groups in total. The summed E-state index contributed by atoms with van der Waals surface area (Å²) in [5, 5.41) is 0.146. The van der Waals surface area contributed by atoms with E-state index in [0.717, 1.165) is 16.3 Å². The van der Waals surface area contributed by atoms with Gasteiger partial charge in [-0.05, 0) is 32.0 Å². The summed E-state index contributed by atoms with van der Waals surface area (Å²) in [6.07, 6.45) is 3.50. The van der Waals surface area contributed by atoms with Gasteiger partial charge in [0, 0.05) is 17.1 Å². The molecular formula is C13H16N2OS. The van der Waals surface area contributed by atoms with Crippen molar-refractivity contribution in [1.29, 1.82) is 0 Å². The molecule has 2 rings (SSSR count). The van der Waals surface area contributed by atoms with Crippen LogP contribution in [0.3, 0.4) is 0 Å². The molecule has 0 aliphatic rings. The molecule has 4 heteroatoms. The van der Waals surface area contributed by atoms with Crippen LogP contribution >= 0.6 is 11.8 Å². The van der Waals surface area contributed by atoms with Crippen LogP contribution in [0.15, 0.2) is 46.0 Å². The molecule has 2 unspecified atom stereocenters. The number of aryl methyl sites for hydroxylation is 1. The lowest BCUT2D eigenvalue weighted by atomic mass is 10.2. The molecular weight excluding hydrogens is 232 g/mol. The summed E-state index contributed by atoms with van der Waals surface area (Å²) < 4.78 is 5.30. The van der Waals surface area contributed by atoms with Gasteiger partial charge in [-0.25, -0.2) is 0 Å². The first-order valence-corrected chi connectivity index (χ1v) is 6.43. The second-order valence-electron chi connectivity index (χ2n) is 3.99. The van der Waals surface area contributed by atoms with E-state index in [0.29, 0.717) is 0 Å². The van der Waals surface area contributed by atoms with Gasteiger partial charge < -0.3 is 10.2 Å². The van der Waals surface area contributed by atoms with E-state index in [-0.39, 0.29) is 11.3 Å². The van der Waals surface area contributed by atoms with Crippen molar-refractivity contribution in [3.63, 3.8) is 0 Å². The summed E-state index contributed by atoms with van der Waals surface area (Å²) in [7, 11) is 0. The number of hydrogen-bond donors (Lipinski definition) is 1. The summed E-state index contributed by atoms with van der Waals surface area (Å²) in [4.78, 5) is 5.50. The second kappa shape index (κ2) is 5.38. The molecule has 2 aromatic heterocycles. The van der Waals surface area contributed by atoms with Crippen LogP contribution in [0.25, 0.3) is 0 Å². The van der Waals surface area contributed by atoms with Crippen molar-refractivity contribution in [2.45, 2.75) is 30.0 Å². The number of nitrogens with zero attached hydrogens (tertiary/aromatic N) is 1. The Morgan fingerprint density at radius 3 is 2.71 bits per heavy atom. The SMILES string of the molecule is Cc1occc1SC(c1ccccn1)C(C)N. The number of hydrogen-bond acceptors (Lipinski definition) is 4. The van der Waals surface area contributed by atoms with Crippen LogP contribution in [-0.4, -0.2) is 11.0 Å². The molecule has 0 radical (unpaired) electrons. The molecule has 0 saturated carbocycles. The Balaban J connectivity index is 2.22. The zero-order valence-corrected chi connectivity index (χ0v) is 10.8. The number of nitrogens with two attached hydrogens (primary N) is 1. The highest BCUT2D eigenvalue weighted by molar-refractivity contribution is 7.99. The maximum atomic E-state index is 6.04. The smallest absolute Gasteiger partial charge is 0.114 e. The van der Waals surface area contributed by atoms with Gasteiger partial charge in [0.2, 0.25) is 0 Å². The Bertz CT molecular complexity index is 467. The fourth-order valence-corrected chi connectivity index (χ4v) is 2.71. The van der Waals surface area contributed by atoms with E-state index < -0.39 is 0 Å². The predicted octanol–water partition coefficient (Wildman–Crippen LogP) is 3.16. The third-order valence-electron chi connectivity index (χ3n) is 2.52. The van der Waals surface area contributed by atoms with Crippen molar-refractivity contribution in [2.24, 2.45) is 5.73 Å². The molecule has 0 aromatic carbocycles. The van der Waals surface area contributed by atoms with Gasteiger partial charge in [0.1, 0.15) is 5.76 Å². The molecule has 2 aromatic rings. The maximum Gasteiger partial charge on any atom is 0.114 e. The average molecular weight is 248 g/mol. The Labute approximate surface area is 105 Å². The highest BCUT2D eigenvalue weighted by Crippen LogP contribution is 2.37. The van der Waals surface area contributed by atoms with Gasteiger partial charge in [0.25, 0.3) is 0 Å². The zero-order valence-electron chi connectivity index (χ0n) is 9.96. The lowest BCUT2D eigenvalue weighted by Crippen LogP contribution is -2.23. The minimum atomic E-state index is 0.0317. The van der Waals surface area contributed by atoms with Crippen LogP contribution in [0.4, 0.5) is 0 Å². The molecule has 0 bridgehead atoms. The van der Waals surface area contributed by atoms with Crippen LogP contribution in [-0.2, 0) is 0 Å². The number of thioether (sulfide) groups is 1. The Kier molecular flexibility index (Phi) is 3.86. The van der Waals surface area contributed by atoms with Crippen molar-refractivity contribution < 1.29 is 4.42 Å². The summed E-state index contributed by atoms with van der Waals surface area (Å²) in [6, 6.07) is 7.91. The number of rotatable bonds is 4. The third-order valence-corrected chi connectivity index (χ3v) is 4.12. The molecule has 17 heavy (non-hydrogen) atoms. The number of furan rings is 1. The van der Waals surface area contributed by atoms with E-state index in [9.17, 15) is 0 Å². The molecule has 2 atom stereocenters. The van der Waals surface area contributed by atoms with Gasteiger partial charge in [-0.2, -0.15) is 0 Å². The minimum Gasteiger partial charge on any atom is -0.468 e. The molecule has 0 aliphatic heterocycles. The highest BCUT2D eigenvalue weighted by atomic mass is 32.2. The lowest BCUT2D eigenvalue weighted by Gasteiger charge is -2.19. The molecule has 0 spiro atoms. The molecule has 0 amide bonds.